The Morgan fingerprint density at radius 3 is 1.55 bits per heavy atom. The van der Waals surface area contributed by atoms with Crippen LogP contribution in [0, 0.1) is 0 Å². The number of halogens is 3. The lowest BCUT2D eigenvalue weighted by Gasteiger charge is -2.16. The van der Waals surface area contributed by atoms with Crippen molar-refractivity contribution in [3.63, 3.8) is 0 Å². The van der Waals surface area contributed by atoms with Gasteiger partial charge in [0.1, 0.15) is 0 Å². The van der Waals surface area contributed by atoms with Crippen LogP contribution in [0.1, 0.15) is 0 Å². The Labute approximate surface area is 183 Å². The van der Waals surface area contributed by atoms with Crippen LogP contribution in [0.2, 0.25) is 15.1 Å². The Bertz CT molecular complexity index is 1250. The van der Waals surface area contributed by atoms with E-state index >= 15 is 0 Å². The molecular weight excluding hydrogens is 479 g/mol. The molecule has 3 rings (SSSR count). The Balaban J connectivity index is 1.97. The van der Waals surface area contributed by atoms with Gasteiger partial charge in [0, 0.05) is 0 Å². The van der Waals surface area contributed by atoms with E-state index < -0.39 is 20.0 Å². The predicted molar refractivity (Wildman–Crippen MR) is 116 cm³/mol. The van der Waals surface area contributed by atoms with Gasteiger partial charge in [-0.1, -0.05) is 71.2 Å². The van der Waals surface area contributed by atoms with Gasteiger partial charge in [0.2, 0.25) is 0 Å². The molecule has 0 bridgehead atoms. The molecule has 0 spiro atoms. The minimum Gasteiger partial charge on any atom is -0.278 e. The summed E-state index contributed by atoms with van der Waals surface area (Å²) in [5.41, 5.74) is -0.252. The quantitative estimate of drug-likeness (QED) is 0.461. The zero-order valence-electron chi connectivity index (χ0n) is 14.4. The van der Waals surface area contributed by atoms with Crippen LogP contribution in [0.15, 0.2) is 76.5 Å². The molecule has 0 aromatic heterocycles. The first-order chi connectivity index (χ1) is 13.6. The van der Waals surface area contributed by atoms with Crippen molar-refractivity contribution in [1.29, 1.82) is 0 Å². The molecule has 0 unspecified atom stereocenters. The molecule has 11 heteroatoms. The van der Waals surface area contributed by atoms with Crippen molar-refractivity contribution in [2.24, 2.45) is 0 Å². The molecule has 2 N–H and O–H groups in total. The first-order valence-electron chi connectivity index (χ1n) is 7.95. The van der Waals surface area contributed by atoms with Gasteiger partial charge in [-0.15, -0.1) is 0 Å². The van der Waals surface area contributed by atoms with E-state index in [9.17, 15) is 16.8 Å². The van der Waals surface area contributed by atoms with Crippen LogP contribution in [-0.2, 0) is 20.0 Å². The maximum absolute atomic E-state index is 12.5. The SMILES string of the molecule is O=S(=O)(Nc1cc(Cl)c(NS(=O)(=O)c2ccccc2)c(Cl)c1Cl)c1ccccc1. The molecule has 0 saturated carbocycles. The first kappa shape index (κ1) is 21.7. The van der Waals surface area contributed by atoms with Crippen molar-refractivity contribution in [2.45, 2.75) is 9.79 Å². The molecule has 0 aliphatic carbocycles. The topological polar surface area (TPSA) is 92.3 Å². The third-order valence-corrected chi connectivity index (χ3v) is 7.66. The van der Waals surface area contributed by atoms with Gasteiger partial charge in [-0.2, -0.15) is 0 Å². The van der Waals surface area contributed by atoms with Gasteiger partial charge >= 0.3 is 0 Å². The molecule has 0 saturated heterocycles. The predicted octanol–water partition coefficient (Wildman–Crippen LogP) is 5.25. The number of hydrogen-bond donors (Lipinski definition) is 2. The lowest BCUT2D eigenvalue weighted by Crippen LogP contribution is -2.15. The molecule has 0 aliphatic rings. The maximum Gasteiger partial charge on any atom is 0.261 e. The summed E-state index contributed by atoms with van der Waals surface area (Å²) >= 11 is 18.6. The van der Waals surface area contributed by atoms with Gasteiger partial charge in [-0.3, -0.25) is 9.44 Å². The zero-order chi connectivity index (χ0) is 21.2. The van der Waals surface area contributed by atoms with Gasteiger partial charge in [-0.05, 0) is 30.3 Å². The van der Waals surface area contributed by atoms with E-state index in [0.29, 0.717) is 0 Å². The van der Waals surface area contributed by atoms with Crippen LogP contribution < -0.4 is 9.44 Å². The third-order valence-electron chi connectivity index (χ3n) is 3.75. The highest BCUT2D eigenvalue weighted by molar-refractivity contribution is 7.93. The minimum atomic E-state index is -3.98. The minimum absolute atomic E-state index is 0.00267. The average Bonchev–Trinajstić information content (AvgIpc) is 2.70. The summed E-state index contributed by atoms with van der Waals surface area (Å²) in [5.74, 6) is 0. The van der Waals surface area contributed by atoms with Crippen molar-refractivity contribution in [2.75, 3.05) is 9.44 Å². The van der Waals surface area contributed by atoms with E-state index in [2.05, 4.69) is 9.44 Å². The Morgan fingerprint density at radius 2 is 1.07 bits per heavy atom. The lowest BCUT2D eigenvalue weighted by molar-refractivity contribution is 0.599. The monoisotopic (exact) mass is 490 g/mol. The summed E-state index contributed by atoms with van der Waals surface area (Å²) in [6.45, 7) is 0. The van der Waals surface area contributed by atoms with Gasteiger partial charge in [-0.25, -0.2) is 16.8 Å². The van der Waals surface area contributed by atoms with E-state index in [1.165, 1.54) is 30.3 Å². The fourth-order valence-electron chi connectivity index (χ4n) is 2.36. The third kappa shape index (κ3) is 4.79. The molecular formula is C18H13Cl3N2O4S2. The standard InChI is InChI=1S/C18H13Cl3N2O4S2/c19-14-11-15(22-28(24,25)12-7-3-1-4-8-12)16(20)17(21)18(14)23-29(26,27)13-9-5-2-6-10-13/h1-11,22-23H. The Morgan fingerprint density at radius 1 is 0.621 bits per heavy atom. The highest BCUT2D eigenvalue weighted by Crippen LogP contribution is 2.42. The van der Waals surface area contributed by atoms with Crippen LogP contribution in [0.3, 0.4) is 0 Å². The van der Waals surface area contributed by atoms with Gasteiger partial charge < -0.3 is 0 Å². The average molecular weight is 492 g/mol. The molecule has 0 amide bonds. The number of rotatable bonds is 6. The molecule has 0 atom stereocenters. The Hall–Kier alpha value is -1.97. The van der Waals surface area contributed by atoms with Crippen molar-refractivity contribution >= 4 is 66.2 Å². The normalized spacial score (nSPS) is 11.8. The fourth-order valence-corrected chi connectivity index (χ4v) is 5.47. The molecule has 29 heavy (non-hydrogen) atoms. The number of nitrogens with one attached hydrogen (secondary N) is 2. The summed E-state index contributed by atoms with van der Waals surface area (Å²) in [6, 6.07) is 16.4. The molecule has 152 valence electrons. The van der Waals surface area contributed by atoms with E-state index in [1.807, 2.05) is 0 Å². The smallest absolute Gasteiger partial charge is 0.261 e. The van der Waals surface area contributed by atoms with E-state index in [0.717, 1.165) is 0 Å². The van der Waals surface area contributed by atoms with Crippen molar-refractivity contribution in [3.05, 3.63) is 81.8 Å². The summed E-state index contributed by atoms with van der Waals surface area (Å²) in [7, 11) is -7.93. The molecule has 0 aliphatic heterocycles. The van der Waals surface area contributed by atoms with Gasteiger partial charge in [0.15, 0.2) is 0 Å². The second-order valence-corrected chi connectivity index (χ2v) is 10.3. The van der Waals surface area contributed by atoms with Crippen molar-refractivity contribution < 1.29 is 16.8 Å². The number of anilines is 2. The number of hydrogen-bond acceptors (Lipinski definition) is 4. The molecule has 3 aromatic carbocycles. The summed E-state index contributed by atoms with van der Waals surface area (Å²) in [6.07, 6.45) is 0. The highest BCUT2D eigenvalue weighted by atomic mass is 35.5. The second kappa shape index (κ2) is 8.41. The van der Waals surface area contributed by atoms with E-state index in [4.69, 9.17) is 34.8 Å². The lowest BCUT2D eigenvalue weighted by atomic mass is 10.3. The van der Waals surface area contributed by atoms with Crippen molar-refractivity contribution in [3.8, 4) is 0 Å². The Kier molecular flexibility index (Phi) is 6.30. The van der Waals surface area contributed by atoms with Gasteiger partial charge in [0.05, 0.1) is 36.2 Å². The van der Waals surface area contributed by atoms with Gasteiger partial charge in [0.25, 0.3) is 20.0 Å². The molecule has 3 aromatic rings. The van der Waals surface area contributed by atoms with Crippen LogP contribution >= 0.6 is 34.8 Å². The van der Waals surface area contributed by atoms with E-state index in [1.54, 1.807) is 36.4 Å². The molecule has 0 radical (unpaired) electrons. The van der Waals surface area contributed by atoms with Crippen LogP contribution in [0.25, 0.3) is 0 Å². The summed E-state index contributed by atoms with van der Waals surface area (Å²) in [4.78, 5) is 0.00859. The fraction of sp³-hybridized carbons (Fsp3) is 0. The number of sulfonamides is 2. The molecule has 0 fully saturated rings. The summed E-state index contributed by atoms with van der Waals surface area (Å²) < 4.78 is 54.7. The number of benzene rings is 3. The highest BCUT2D eigenvalue weighted by Gasteiger charge is 2.23. The van der Waals surface area contributed by atoms with Crippen LogP contribution in [-0.4, -0.2) is 16.8 Å². The van der Waals surface area contributed by atoms with Crippen molar-refractivity contribution in [1.82, 2.24) is 0 Å². The largest absolute Gasteiger partial charge is 0.278 e. The maximum atomic E-state index is 12.5. The molecule has 0 heterocycles. The van der Waals surface area contributed by atoms with Crippen LogP contribution in [0.5, 0.6) is 0 Å². The molecule has 6 nitrogen and oxygen atoms in total. The summed E-state index contributed by atoms with van der Waals surface area (Å²) in [5, 5.41) is -0.588. The second-order valence-electron chi connectivity index (χ2n) is 5.75. The van der Waals surface area contributed by atoms with Crippen LogP contribution in [0.4, 0.5) is 11.4 Å². The van der Waals surface area contributed by atoms with E-state index in [-0.39, 0.29) is 36.2 Å². The first-order valence-corrected chi connectivity index (χ1v) is 12.0. The zero-order valence-corrected chi connectivity index (χ0v) is 18.3.